The molecule has 0 spiro atoms. The molecule has 0 bridgehead atoms. The Labute approximate surface area is 118 Å². The van der Waals surface area contributed by atoms with Crippen molar-refractivity contribution in [3.63, 3.8) is 0 Å². The first-order valence-corrected chi connectivity index (χ1v) is 6.92. The number of rotatable bonds is 5. The van der Waals surface area contributed by atoms with E-state index in [1.807, 2.05) is 11.9 Å². The summed E-state index contributed by atoms with van der Waals surface area (Å²) in [6.45, 7) is 0.603. The number of primary amides is 1. The van der Waals surface area contributed by atoms with E-state index < -0.39 is 11.9 Å². The van der Waals surface area contributed by atoms with E-state index in [2.05, 4.69) is 0 Å². The zero-order valence-corrected chi connectivity index (χ0v) is 11.6. The maximum atomic E-state index is 13.0. The summed E-state index contributed by atoms with van der Waals surface area (Å²) in [7, 11) is 1.81. The Hall–Kier alpha value is -1.46. The Bertz CT molecular complexity index is 463. The van der Waals surface area contributed by atoms with E-state index in [9.17, 15) is 14.3 Å². The molecule has 0 saturated heterocycles. The minimum atomic E-state index is -0.594. The van der Waals surface area contributed by atoms with Crippen LogP contribution < -0.4 is 5.73 Å². The van der Waals surface area contributed by atoms with E-state index >= 15 is 0 Å². The minimum Gasteiger partial charge on any atom is -0.393 e. The van der Waals surface area contributed by atoms with Gasteiger partial charge in [0.2, 0.25) is 5.91 Å². The lowest BCUT2D eigenvalue weighted by molar-refractivity contribution is -0.123. The Morgan fingerprint density at radius 1 is 1.45 bits per heavy atom. The van der Waals surface area contributed by atoms with Crippen molar-refractivity contribution in [1.29, 1.82) is 0 Å². The number of aliphatic hydroxyl groups is 1. The fourth-order valence-electron chi connectivity index (χ4n) is 2.99. The highest BCUT2D eigenvalue weighted by Crippen LogP contribution is 2.29. The molecular formula is C15H21FN2O2. The van der Waals surface area contributed by atoms with Crippen molar-refractivity contribution in [2.24, 2.45) is 11.7 Å². The van der Waals surface area contributed by atoms with E-state index in [-0.39, 0.29) is 17.8 Å². The summed E-state index contributed by atoms with van der Waals surface area (Å²) in [5.74, 6) is -0.639. The van der Waals surface area contributed by atoms with Gasteiger partial charge in [-0.2, -0.15) is 0 Å². The maximum absolute atomic E-state index is 13.0. The SMILES string of the molecule is CN(CC1CCCC1O)C(C(N)=O)c1ccc(F)cc1. The smallest absolute Gasteiger partial charge is 0.239 e. The summed E-state index contributed by atoms with van der Waals surface area (Å²) in [6.07, 6.45) is 2.48. The summed E-state index contributed by atoms with van der Waals surface area (Å²) < 4.78 is 13.0. The Morgan fingerprint density at radius 3 is 2.60 bits per heavy atom. The average molecular weight is 280 g/mol. The number of carbonyl (C=O) groups excluding carboxylic acids is 1. The summed E-state index contributed by atoms with van der Waals surface area (Å²) in [4.78, 5) is 13.5. The van der Waals surface area contributed by atoms with E-state index in [0.717, 1.165) is 19.3 Å². The Morgan fingerprint density at radius 2 is 2.10 bits per heavy atom. The van der Waals surface area contributed by atoms with Crippen molar-refractivity contribution in [1.82, 2.24) is 4.90 Å². The molecule has 1 saturated carbocycles. The van der Waals surface area contributed by atoms with E-state index in [1.54, 1.807) is 12.1 Å². The highest BCUT2D eigenvalue weighted by molar-refractivity contribution is 5.81. The molecule has 0 heterocycles. The van der Waals surface area contributed by atoms with Gasteiger partial charge in [0.05, 0.1) is 6.10 Å². The molecule has 3 unspecified atom stereocenters. The van der Waals surface area contributed by atoms with Gasteiger partial charge in [-0.25, -0.2) is 4.39 Å². The highest BCUT2D eigenvalue weighted by atomic mass is 19.1. The second kappa shape index (κ2) is 6.33. The number of carbonyl (C=O) groups is 1. The van der Waals surface area contributed by atoms with Crippen LogP contribution >= 0.6 is 0 Å². The number of benzene rings is 1. The van der Waals surface area contributed by atoms with Gasteiger partial charge in [-0.1, -0.05) is 18.6 Å². The first kappa shape index (κ1) is 14.9. The number of likely N-dealkylation sites (N-methyl/N-ethyl adjacent to an activating group) is 1. The van der Waals surface area contributed by atoms with Gasteiger partial charge < -0.3 is 10.8 Å². The second-order valence-electron chi connectivity index (χ2n) is 5.55. The molecule has 2 rings (SSSR count). The third-order valence-corrected chi connectivity index (χ3v) is 4.04. The first-order valence-electron chi connectivity index (χ1n) is 6.92. The van der Waals surface area contributed by atoms with Gasteiger partial charge in [0.15, 0.2) is 0 Å². The van der Waals surface area contributed by atoms with Crippen molar-refractivity contribution in [2.75, 3.05) is 13.6 Å². The number of nitrogens with two attached hydrogens (primary N) is 1. The normalized spacial score (nSPS) is 24.0. The molecule has 0 aromatic heterocycles. The molecule has 1 fully saturated rings. The number of nitrogens with zero attached hydrogens (tertiary/aromatic N) is 1. The quantitative estimate of drug-likeness (QED) is 0.858. The van der Waals surface area contributed by atoms with E-state index in [1.165, 1.54) is 12.1 Å². The van der Waals surface area contributed by atoms with Crippen LogP contribution in [0.4, 0.5) is 4.39 Å². The van der Waals surface area contributed by atoms with Crippen LogP contribution in [-0.2, 0) is 4.79 Å². The van der Waals surface area contributed by atoms with Crippen molar-refractivity contribution < 1.29 is 14.3 Å². The first-order chi connectivity index (χ1) is 9.49. The van der Waals surface area contributed by atoms with Crippen molar-refractivity contribution >= 4 is 5.91 Å². The van der Waals surface area contributed by atoms with Crippen LogP contribution in [0.2, 0.25) is 0 Å². The molecule has 1 aliphatic rings. The van der Waals surface area contributed by atoms with Crippen LogP contribution in [0.3, 0.4) is 0 Å². The maximum Gasteiger partial charge on any atom is 0.239 e. The number of amides is 1. The van der Waals surface area contributed by atoms with Crippen molar-refractivity contribution in [3.8, 4) is 0 Å². The average Bonchev–Trinajstić information content (AvgIpc) is 2.77. The van der Waals surface area contributed by atoms with Gasteiger partial charge >= 0.3 is 0 Å². The van der Waals surface area contributed by atoms with E-state index in [0.29, 0.717) is 12.1 Å². The zero-order valence-electron chi connectivity index (χ0n) is 11.6. The van der Waals surface area contributed by atoms with Gasteiger partial charge in [-0.05, 0) is 43.5 Å². The summed E-state index contributed by atoms with van der Waals surface area (Å²) in [5, 5.41) is 9.87. The van der Waals surface area contributed by atoms with Crippen LogP contribution in [0.15, 0.2) is 24.3 Å². The van der Waals surface area contributed by atoms with Gasteiger partial charge in [0, 0.05) is 6.54 Å². The topological polar surface area (TPSA) is 66.6 Å². The molecule has 1 amide bonds. The van der Waals surface area contributed by atoms with Crippen LogP contribution in [0, 0.1) is 11.7 Å². The number of hydrogen-bond acceptors (Lipinski definition) is 3. The van der Waals surface area contributed by atoms with Crippen molar-refractivity contribution in [3.05, 3.63) is 35.6 Å². The van der Waals surface area contributed by atoms with Gasteiger partial charge in [-0.3, -0.25) is 9.69 Å². The molecule has 1 aromatic rings. The summed E-state index contributed by atoms with van der Waals surface area (Å²) in [5.41, 5.74) is 6.15. The lowest BCUT2D eigenvalue weighted by Crippen LogP contribution is -2.39. The molecular weight excluding hydrogens is 259 g/mol. The fraction of sp³-hybridized carbons (Fsp3) is 0.533. The van der Waals surface area contributed by atoms with Gasteiger partial charge in [0.1, 0.15) is 11.9 Å². The Balaban J connectivity index is 2.11. The third kappa shape index (κ3) is 3.35. The molecule has 110 valence electrons. The molecule has 20 heavy (non-hydrogen) atoms. The molecule has 1 aromatic carbocycles. The largest absolute Gasteiger partial charge is 0.393 e. The standard InChI is InChI=1S/C15H21FN2O2/c1-18(9-11-3-2-4-13(11)19)14(15(17)20)10-5-7-12(16)8-6-10/h5-8,11,13-14,19H,2-4,9H2,1H3,(H2,17,20). The molecule has 1 aliphatic carbocycles. The monoisotopic (exact) mass is 280 g/mol. The van der Waals surface area contributed by atoms with Gasteiger partial charge in [-0.15, -0.1) is 0 Å². The van der Waals surface area contributed by atoms with Crippen molar-refractivity contribution in [2.45, 2.75) is 31.4 Å². The lowest BCUT2D eigenvalue weighted by Gasteiger charge is -2.29. The summed E-state index contributed by atoms with van der Waals surface area (Å²) in [6, 6.07) is 5.20. The van der Waals surface area contributed by atoms with Crippen LogP contribution in [-0.4, -0.2) is 35.6 Å². The number of hydrogen-bond donors (Lipinski definition) is 2. The van der Waals surface area contributed by atoms with Crippen LogP contribution in [0.1, 0.15) is 30.9 Å². The molecule has 3 atom stereocenters. The zero-order chi connectivity index (χ0) is 14.7. The predicted molar refractivity (Wildman–Crippen MR) is 74.3 cm³/mol. The summed E-state index contributed by atoms with van der Waals surface area (Å²) >= 11 is 0. The van der Waals surface area contributed by atoms with Gasteiger partial charge in [0.25, 0.3) is 0 Å². The molecule has 4 nitrogen and oxygen atoms in total. The third-order valence-electron chi connectivity index (χ3n) is 4.04. The molecule has 5 heteroatoms. The van der Waals surface area contributed by atoms with E-state index in [4.69, 9.17) is 5.73 Å². The molecule has 3 N–H and O–H groups in total. The lowest BCUT2D eigenvalue weighted by atomic mass is 10.0. The predicted octanol–water partition coefficient (Wildman–Crippen LogP) is 1.44. The Kier molecular flexibility index (Phi) is 4.73. The molecule has 0 aliphatic heterocycles. The van der Waals surface area contributed by atoms with Crippen LogP contribution in [0.25, 0.3) is 0 Å². The minimum absolute atomic E-state index is 0.169. The number of halogens is 1. The second-order valence-corrected chi connectivity index (χ2v) is 5.55. The highest BCUT2D eigenvalue weighted by Gasteiger charge is 2.30. The molecule has 0 radical (unpaired) electrons. The number of aliphatic hydroxyl groups excluding tert-OH is 1. The fourth-order valence-corrected chi connectivity index (χ4v) is 2.99. The van der Waals surface area contributed by atoms with Crippen LogP contribution in [0.5, 0.6) is 0 Å².